The van der Waals surface area contributed by atoms with E-state index in [0.29, 0.717) is 17.9 Å². The van der Waals surface area contributed by atoms with Crippen LogP contribution in [0.4, 0.5) is 0 Å². The summed E-state index contributed by atoms with van der Waals surface area (Å²) in [6, 6.07) is 15.3. The summed E-state index contributed by atoms with van der Waals surface area (Å²) in [7, 11) is 0. The molecule has 0 radical (unpaired) electrons. The second kappa shape index (κ2) is 10.6. The standard InChI is InChI=1S/C27H34O3/c1-19(2)27(29)30-18-26-17-25(15-14-21(26)5-4-16-28)24-12-10-23(11-13-24)22-8-6-20(3)7-9-22/h10-15,17,20,22,28H,1,4-9,16,18H2,2-3H3. The van der Waals surface area contributed by atoms with Crippen LogP contribution < -0.4 is 0 Å². The molecule has 3 rings (SSSR count). The molecular weight excluding hydrogens is 372 g/mol. The van der Waals surface area contributed by atoms with Crippen molar-refractivity contribution in [1.29, 1.82) is 0 Å². The number of ether oxygens (including phenoxy) is 1. The van der Waals surface area contributed by atoms with Gasteiger partial charge in [-0.3, -0.25) is 0 Å². The number of esters is 1. The Labute approximate surface area is 180 Å². The summed E-state index contributed by atoms with van der Waals surface area (Å²) in [6.07, 6.45) is 6.68. The van der Waals surface area contributed by atoms with E-state index in [2.05, 4.69) is 56.0 Å². The van der Waals surface area contributed by atoms with Crippen molar-refractivity contribution in [2.24, 2.45) is 5.92 Å². The minimum atomic E-state index is -0.375. The maximum absolute atomic E-state index is 11.8. The van der Waals surface area contributed by atoms with Crippen molar-refractivity contribution in [3.05, 3.63) is 71.3 Å². The summed E-state index contributed by atoms with van der Waals surface area (Å²) < 4.78 is 5.41. The normalized spacial score (nSPS) is 18.8. The van der Waals surface area contributed by atoms with Crippen LogP contribution in [-0.2, 0) is 22.6 Å². The average Bonchev–Trinajstić information content (AvgIpc) is 2.77. The fourth-order valence-corrected chi connectivity index (χ4v) is 4.26. The largest absolute Gasteiger partial charge is 0.457 e. The molecule has 1 aliphatic carbocycles. The van der Waals surface area contributed by atoms with Crippen molar-refractivity contribution < 1.29 is 14.6 Å². The van der Waals surface area contributed by atoms with Gasteiger partial charge in [-0.25, -0.2) is 4.79 Å². The molecule has 1 fully saturated rings. The van der Waals surface area contributed by atoms with Crippen LogP contribution in [0, 0.1) is 5.92 Å². The number of rotatable bonds is 8. The SMILES string of the molecule is C=C(C)C(=O)OCc1cc(-c2ccc(C3CCC(C)CC3)cc2)ccc1CCCO. The van der Waals surface area contributed by atoms with Gasteiger partial charge in [0, 0.05) is 12.2 Å². The van der Waals surface area contributed by atoms with E-state index in [1.807, 2.05) is 0 Å². The molecule has 1 saturated carbocycles. The fourth-order valence-electron chi connectivity index (χ4n) is 4.26. The summed E-state index contributed by atoms with van der Waals surface area (Å²) in [5.74, 6) is 1.18. The molecule has 30 heavy (non-hydrogen) atoms. The molecule has 3 nitrogen and oxygen atoms in total. The molecule has 160 valence electrons. The van der Waals surface area contributed by atoms with Crippen LogP contribution in [-0.4, -0.2) is 17.7 Å². The Bertz CT molecular complexity index is 858. The van der Waals surface area contributed by atoms with Crippen molar-refractivity contribution >= 4 is 5.97 Å². The van der Waals surface area contributed by atoms with Gasteiger partial charge < -0.3 is 9.84 Å². The molecule has 2 aromatic rings. The van der Waals surface area contributed by atoms with Crippen molar-refractivity contribution in [1.82, 2.24) is 0 Å². The Hall–Kier alpha value is -2.39. The Kier molecular flexibility index (Phi) is 7.87. The molecule has 0 heterocycles. The first-order valence-electron chi connectivity index (χ1n) is 11.1. The number of aliphatic hydroxyl groups excluding tert-OH is 1. The first kappa shape index (κ1) is 22.3. The molecular formula is C27H34O3. The van der Waals surface area contributed by atoms with Crippen LogP contribution in [0.25, 0.3) is 11.1 Å². The van der Waals surface area contributed by atoms with Gasteiger partial charge in [-0.15, -0.1) is 0 Å². The zero-order chi connectivity index (χ0) is 21.5. The van der Waals surface area contributed by atoms with Crippen LogP contribution >= 0.6 is 0 Å². The lowest BCUT2D eigenvalue weighted by atomic mass is 9.79. The van der Waals surface area contributed by atoms with E-state index < -0.39 is 0 Å². The van der Waals surface area contributed by atoms with Crippen LogP contribution in [0.3, 0.4) is 0 Å². The topological polar surface area (TPSA) is 46.5 Å². The predicted octanol–water partition coefficient (Wildman–Crippen LogP) is 6.19. The van der Waals surface area contributed by atoms with Crippen LogP contribution in [0.2, 0.25) is 0 Å². The zero-order valence-corrected chi connectivity index (χ0v) is 18.3. The molecule has 0 amide bonds. The summed E-state index contributed by atoms with van der Waals surface area (Å²) >= 11 is 0. The Morgan fingerprint density at radius 3 is 2.33 bits per heavy atom. The molecule has 0 aliphatic heterocycles. The van der Waals surface area contributed by atoms with Gasteiger partial charge in [0.05, 0.1) is 0 Å². The Morgan fingerprint density at radius 1 is 1.03 bits per heavy atom. The quantitative estimate of drug-likeness (QED) is 0.420. The maximum Gasteiger partial charge on any atom is 0.333 e. The highest BCUT2D eigenvalue weighted by molar-refractivity contribution is 5.86. The maximum atomic E-state index is 11.8. The van der Waals surface area contributed by atoms with E-state index in [1.54, 1.807) is 6.92 Å². The van der Waals surface area contributed by atoms with E-state index in [-0.39, 0.29) is 19.2 Å². The number of carbonyl (C=O) groups excluding carboxylic acids is 1. The molecule has 3 heteroatoms. The second-order valence-electron chi connectivity index (χ2n) is 8.75. The van der Waals surface area contributed by atoms with E-state index in [0.717, 1.165) is 29.0 Å². The van der Waals surface area contributed by atoms with E-state index in [1.165, 1.54) is 36.8 Å². The highest BCUT2D eigenvalue weighted by Gasteiger charge is 2.19. The first-order valence-corrected chi connectivity index (χ1v) is 11.1. The molecule has 0 spiro atoms. The molecule has 0 bridgehead atoms. The summed E-state index contributed by atoms with van der Waals surface area (Å²) in [5, 5.41) is 9.19. The van der Waals surface area contributed by atoms with Crippen molar-refractivity contribution in [2.45, 2.75) is 64.9 Å². The zero-order valence-electron chi connectivity index (χ0n) is 18.3. The lowest BCUT2D eigenvalue weighted by molar-refractivity contribution is -0.140. The minimum absolute atomic E-state index is 0.147. The van der Waals surface area contributed by atoms with Gasteiger partial charge in [-0.1, -0.05) is 62.7 Å². The van der Waals surface area contributed by atoms with Gasteiger partial charge in [-0.05, 0) is 78.3 Å². The van der Waals surface area contributed by atoms with Gasteiger partial charge >= 0.3 is 5.97 Å². The van der Waals surface area contributed by atoms with Gasteiger partial charge in [0.25, 0.3) is 0 Å². The van der Waals surface area contributed by atoms with E-state index in [9.17, 15) is 9.90 Å². The number of aliphatic hydroxyl groups is 1. The predicted molar refractivity (Wildman–Crippen MR) is 122 cm³/mol. The van der Waals surface area contributed by atoms with Crippen molar-refractivity contribution in [3.8, 4) is 11.1 Å². The third-order valence-electron chi connectivity index (χ3n) is 6.25. The number of hydrogen-bond donors (Lipinski definition) is 1. The summed E-state index contributed by atoms with van der Waals surface area (Å²) in [5.41, 5.74) is 6.23. The van der Waals surface area contributed by atoms with Gasteiger partial charge in [-0.2, -0.15) is 0 Å². The molecule has 1 N–H and O–H groups in total. The van der Waals surface area contributed by atoms with Crippen LogP contribution in [0.1, 0.15) is 68.6 Å². The molecule has 0 unspecified atom stereocenters. The van der Waals surface area contributed by atoms with E-state index >= 15 is 0 Å². The van der Waals surface area contributed by atoms with Gasteiger partial charge in [0.15, 0.2) is 0 Å². The molecule has 2 aromatic carbocycles. The lowest BCUT2D eigenvalue weighted by Gasteiger charge is -2.26. The first-order chi connectivity index (χ1) is 14.5. The summed E-state index contributed by atoms with van der Waals surface area (Å²) in [6.45, 7) is 8.02. The minimum Gasteiger partial charge on any atom is -0.457 e. The number of benzene rings is 2. The summed E-state index contributed by atoms with van der Waals surface area (Å²) in [4.78, 5) is 11.8. The lowest BCUT2D eigenvalue weighted by Crippen LogP contribution is -2.10. The third-order valence-corrected chi connectivity index (χ3v) is 6.25. The van der Waals surface area contributed by atoms with Crippen LogP contribution in [0.15, 0.2) is 54.6 Å². The number of hydrogen-bond acceptors (Lipinski definition) is 3. The Morgan fingerprint density at radius 2 is 1.70 bits per heavy atom. The highest BCUT2D eigenvalue weighted by Crippen LogP contribution is 2.36. The highest BCUT2D eigenvalue weighted by atomic mass is 16.5. The smallest absolute Gasteiger partial charge is 0.333 e. The molecule has 1 aliphatic rings. The molecule has 0 atom stereocenters. The van der Waals surface area contributed by atoms with Crippen molar-refractivity contribution in [3.63, 3.8) is 0 Å². The number of aryl methyl sites for hydroxylation is 1. The van der Waals surface area contributed by atoms with Crippen molar-refractivity contribution in [2.75, 3.05) is 6.61 Å². The second-order valence-corrected chi connectivity index (χ2v) is 8.75. The van der Waals surface area contributed by atoms with Crippen LogP contribution in [0.5, 0.6) is 0 Å². The molecule has 0 saturated heterocycles. The third kappa shape index (κ3) is 5.82. The fraction of sp³-hybridized carbons (Fsp3) is 0.444. The van der Waals surface area contributed by atoms with Gasteiger partial charge in [0.2, 0.25) is 0 Å². The van der Waals surface area contributed by atoms with E-state index in [4.69, 9.17) is 4.74 Å². The monoisotopic (exact) mass is 406 g/mol. The number of carbonyl (C=O) groups is 1. The average molecular weight is 407 g/mol. The molecule has 0 aromatic heterocycles. The van der Waals surface area contributed by atoms with Gasteiger partial charge in [0.1, 0.15) is 6.61 Å². The Balaban J connectivity index is 1.78.